The summed E-state index contributed by atoms with van der Waals surface area (Å²) < 4.78 is 18.4. The average Bonchev–Trinajstić information content (AvgIpc) is 3.31. The first-order chi connectivity index (χ1) is 18.4. The molecule has 0 aliphatic heterocycles. The number of carbonyl (C=O) groups is 1. The first kappa shape index (κ1) is 34.7. The van der Waals surface area contributed by atoms with Gasteiger partial charge in [0, 0.05) is 11.0 Å². The molecule has 0 atom stereocenters. The zero-order valence-corrected chi connectivity index (χ0v) is 30.1. The van der Waals surface area contributed by atoms with Crippen molar-refractivity contribution in [1.29, 1.82) is 0 Å². The van der Waals surface area contributed by atoms with Crippen LogP contribution in [0.15, 0.2) is 35.7 Å². The summed E-state index contributed by atoms with van der Waals surface area (Å²) >= 11 is 1.70. The SMILES string of the molecule is CCOC(=O)/C=C(\CC)c1cc(CCc2ccc(CO[Si](C)(C)C(C)(C)C)c(CO[Si](C)(C)C(C)(C)C)c2)cs1. The van der Waals surface area contributed by atoms with E-state index in [-0.39, 0.29) is 16.0 Å². The van der Waals surface area contributed by atoms with Crippen LogP contribution in [0.1, 0.15) is 88.9 Å². The van der Waals surface area contributed by atoms with Crippen LogP contribution in [0.25, 0.3) is 5.57 Å². The number of hydrogen-bond donors (Lipinski definition) is 0. The number of rotatable bonds is 13. The van der Waals surface area contributed by atoms with Crippen molar-refractivity contribution >= 4 is 39.5 Å². The molecule has 2 rings (SSSR count). The van der Waals surface area contributed by atoms with Gasteiger partial charge in [0.05, 0.1) is 19.8 Å². The van der Waals surface area contributed by atoms with E-state index in [1.165, 1.54) is 22.3 Å². The fourth-order valence-corrected chi connectivity index (χ4v) is 6.63. The van der Waals surface area contributed by atoms with Crippen molar-refractivity contribution in [2.75, 3.05) is 6.61 Å². The second-order valence-electron chi connectivity index (χ2n) is 13.8. The number of thiophene rings is 1. The molecule has 0 spiro atoms. The van der Waals surface area contributed by atoms with Crippen LogP contribution in [0.2, 0.25) is 36.3 Å². The maximum atomic E-state index is 12.0. The number of allylic oxidation sites excluding steroid dienone is 1. The summed E-state index contributed by atoms with van der Waals surface area (Å²) in [6.45, 7) is 28.6. The predicted molar refractivity (Wildman–Crippen MR) is 177 cm³/mol. The van der Waals surface area contributed by atoms with Gasteiger partial charge in [-0.25, -0.2) is 4.79 Å². The van der Waals surface area contributed by atoms with Crippen molar-refractivity contribution in [3.05, 3.63) is 62.9 Å². The highest BCUT2D eigenvalue weighted by atomic mass is 32.1. The van der Waals surface area contributed by atoms with Crippen LogP contribution >= 0.6 is 11.3 Å². The monoisotopic (exact) mass is 602 g/mol. The molecule has 0 amide bonds. The second kappa shape index (κ2) is 14.1. The molecule has 4 nitrogen and oxygen atoms in total. The van der Waals surface area contributed by atoms with Crippen LogP contribution in [0.5, 0.6) is 0 Å². The molecule has 0 saturated heterocycles. The van der Waals surface area contributed by atoms with E-state index < -0.39 is 16.6 Å². The molecule has 1 heterocycles. The Hall–Kier alpha value is -1.52. The Morgan fingerprint density at radius 3 is 1.90 bits per heavy atom. The molecule has 224 valence electrons. The third kappa shape index (κ3) is 9.79. The molecule has 0 unspecified atom stereocenters. The van der Waals surface area contributed by atoms with Gasteiger partial charge in [0.25, 0.3) is 0 Å². The van der Waals surface area contributed by atoms with E-state index in [0.29, 0.717) is 19.8 Å². The first-order valence-electron chi connectivity index (χ1n) is 14.7. The fraction of sp³-hybridized carbons (Fsp3) is 0.606. The normalized spacial score (nSPS) is 13.6. The molecule has 7 heteroatoms. The highest BCUT2D eigenvalue weighted by Crippen LogP contribution is 2.39. The third-order valence-corrected chi connectivity index (χ3v) is 18.7. The lowest BCUT2D eigenvalue weighted by Gasteiger charge is -2.37. The molecule has 2 aromatic rings. The summed E-state index contributed by atoms with van der Waals surface area (Å²) in [6.07, 6.45) is 4.35. The molecule has 0 aliphatic carbocycles. The van der Waals surface area contributed by atoms with Gasteiger partial charge in [-0.1, -0.05) is 66.7 Å². The van der Waals surface area contributed by atoms with Gasteiger partial charge in [-0.05, 0) is 102 Å². The maximum Gasteiger partial charge on any atom is 0.331 e. The number of aryl methyl sites for hydroxylation is 2. The molecule has 0 aliphatic rings. The second-order valence-corrected chi connectivity index (χ2v) is 24.3. The highest BCUT2D eigenvalue weighted by molar-refractivity contribution is 7.11. The van der Waals surface area contributed by atoms with E-state index in [2.05, 4.69) is 104 Å². The quantitative estimate of drug-likeness (QED) is 0.130. The molecule has 0 radical (unpaired) electrons. The minimum Gasteiger partial charge on any atom is -0.463 e. The van der Waals surface area contributed by atoms with Gasteiger partial charge in [-0.15, -0.1) is 11.3 Å². The Morgan fingerprint density at radius 2 is 1.38 bits per heavy atom. The number of esters is 1. The van der Waals surface area contributed by atoms with Crippen molar-refractivity contribution in [1.82, 2.24) is 0 Å². The summed E-state index contributed by atoms with van der Waals surface area (Å²) in [6, 6.07) is 9.07. The Labute approximate surface area is 250 Å². The standard InChI is InChI=1S/C33H54O4SSi2/c1-13-27(21-31(34)35-14-2)30-20-26(24-38-30)16-15-25-17-18-28(22-36-39(9,10)32(3,4)5)29(19-25)23-37-40(11,12)33(6,7)8/h17-21,24H,13-16,22-23H2,1-12H3/b27-21+. The van der Waals surface area contributed by atoms with E-state index in [0.717, 1.165) is 29.7 Å². The molecule has 0 saturated carbocycles. The smallest absolute Gasteiger partial charge is 0.331 e. The lowest BCUT2D eigenvalue weighted by atomic mass is 10.00. The van der Waals surface area contributed by atoms with Crippen molar-refractivity contribution < 1.29 is 18.4 Å². The van der Waals surface area contributed by atoms with E-state index in [1.807, 2.05) is 6.92 Å². The molecular weight excluding hydrogens is 549 g/mol. The average molecular weight is 603 g/mol. The van der Waals surface area contributed by atoms with Crippen LogP contribution < -0.4 is 0 Å². The Kier molecular flexibility index (Phi) is 12.2. The highest BCUT2D eigenvalue weighted by Gasteiger charge is 2.38. The van der Waals surface area contributed by atoms with Gasteiger partial charge in [0.1, 0.15) is 0 Å². The van der Waals surface area contributed by atoms with Gasteiger partial charge in [-0.3, -0.25) is 0 Å². The summed E-state index contributed by atoms with van der Waals surface area (Å²) in [7, 11) is -3.75. The van der Waals surface area contributed by atoms with Crippen molar-refractivity contribution in [2.45, 2.75) is 124 Å². The maximum absolute atomic E-state index is 12.0. The lowest BCUT2D eigenvalue weighted by Crippen LogP contribution is -2.41. The van der Waals surface area contributed by atoms with E-state index in [1.54, 1.807) is 17.4 Å². The number of hydrogen-bond acceptors (Lipinski definition) is 5. The van der Waals surface area contributed by atoms with Crippen molar-refractivity contribution in [3.63, 3.8) is 0 Å². The Balaban J connectivity index is 2.23. The predicted octanol–water partition coefficient (Wildman–Crippen LogP) is 9.93. The number of carbonyl (C=O) groups excluding carboxylic acids is 1. The summed E-state index contributed by atoms with van der Waals surface area (Å²) in [5.74, 6) is -0.264. The molecule has 0 fully saturated rings. The minimum absolute atomic E-state index is 0.165. The Bertz CT molecular complexity index is 1150. The molecule has 0 N–H and O–H groups in total. The Morgan fingerprint density at radius 1 is 0.825 bits per heavy atom. The molecule has 40 heavy (non-hydrogen) atoms. The fourth-order valence-electron chi connectivity index (χ4n) is 3.70. The van der Waals surface area contributed by atoms with Crippen molar-refractivity contribution in [3.8, 4) is 0 Å². The lowest BCUT2D eigenvalue weighted by molar-refractivity contribution is -0.137. The minimum atomic E-state index is -1.89. The van der Waals surface area contributed by atoms with E-state index >= 15 is 0 Å². The summed E-state index contributed by atoms with van der Waals surface area (Å²) in [5, 5.41) is 2.55. The van der Waals surface area contributed by atoms with E-state index in [9.17, 15) is 4.79 Å². The number of ether oxygens (including phenoxy) is 1. The van der Waals surface area contributed by atoms with Gasteiger partial charge in [-0.2, -0.15) is 0 Å². The van der Waals surface area contributed by atoms with Gasteiger partial charge in [0.2, 0.25) is 0 Å². The van der Waals surface area contributed by atoms with Crippen LogP contribution in [-0.2, 0) is 44.4 Å². The topological polar surface area (TPSA) is 44.8 Å². The number of benzene rings is 1. The van der Waals surface area contributed by atoms with Crippen LogP contribution in [0.4, 0.5) is 0 Å². The van der Waals surface area contributed by atoms with E-state index in [4.69, 9.17) is 13.6 Å². The van der Waals surface area contributed by atoms with Crippen molar-refractivity contribution in [2.24, 2.45) is 0 Å². The third-order valence-electron chi connectivity index (χ3n) is 8.69. The molecule has 1 aromatic carbocycles. The van der Waals surface area contributed by atoms with Crippen LogP contribution in [0, 0.1) is 0 Å². The molecule has 1 aromatic heterocycles. The summed E-state index contributed by atoms with van der Waals surface area (Å²) in [4.78, 5) is 13.1. The molecule has 0 bridgehead atoms. The van der Waals surface area contributed by atoms with Gasteiger partial charge in [0.15, 0.2) is 16.6 Å². The van der Waals surface area contributed by atoms with Crippen LogP contribution in [0.3, 0.4) is 0 Å². The van der Waals surface area contributed by atoms with Gasteiger partial charge >= 0.3 is 5.97 Å². The largest absolute Gasteiger partial charge is 0.463 e. The van der Waals surface area contributed by atoms with Crippen LogP contribution in [-0.4, -0.2) is 29.2 Å². The zero-order chi connectivity index (χ0) is 30.4. The first-order valence-corrected chi connectivity index (χ1v) is 21.4. The van der Waals surface area contributed by atoms with Gasteiger partial charge < -0.3 is 13.6 Å². The zero-order valence-electron chi connectivity index (χ0n) is 27.2. The summed E-state index contributed by atoms with van der Waals surface area (Å²) in [5.41, 5.74) is 6.13. The molecular formula is C33H54O4SSi2.